The van der Waals surface area contributed by atoms with E-state index in [1.165, 1.54) is 49.1 Å². The Labute approximate surface area is 274 Å². The van der Waals surface area contributed by atoms with Gasteiger partial charge in [-0.3, -0.25) is 0 Å². The van der Waals surface area contributed by atoms with Crippen LogP contribution in [0.25, 0.3) is 0 Å². The van der Waals surface area contributed by atoms with Crippen LogP contribution in [0.15, 0.2) is 0 Å². The second-order valence-electron chi connectivity index (χ2n) is 8.71. The number of rotatable bonds is 20. The van der Waals surface area contributed by atoms with E-state index in [9.17, 15) is 29.7 Å². The Balaban J connectivity index is -0.0000000872. The summed E-state index contributed by atoms with van der Waals surface area (Å²) in [6, 6.07) is 0. The van der Waals surface area contributed by atoms with Crippen LogP contribution >= 0.6 is 0 Å². The number of unbranched alkanes of at least 4 members (excludes halogenated alkanes) is 12. The molecule has 0 unspecified atom stereocenters. The Bertz CT molecular complexity index is 384. The summed E-state index contributed by atoms with van der Waals surface area (Å²) in [7, 11) is 0. The maximum Gasteiger partial charge on any atom is 3.00 e. The quantitative estimate of drug-likeness (QED) is 0.142. The van der Waals surface area contributed by atoms with E-state index in [0.717, 1.165) is 73.0 Å². The van der Waals surface area contributed by atoms with Crippen molar-refractivity contribution in [3.63, 3.8) is 0 Å². The number of hydrogen-bond donors (Lipinski definition) is 0. The molecule has 0 atom stereocenters. The zero-order valence-electron chi connectivity index (χ0n) is 24.5. The molecule has 0 aliphatic rings. The minimum absolute atomic E-state index is 0. The first kappa shape index (κ1) is 50.4. The van der Waals surface area contributed by atoms with Crippen molar-refractivity contribution in [2.75, 3.05) is 0 Å². The van der Waals surface area contributed by atoms with E-state index in [4.69, 9.17) is 0 Å². The molecule has 1 radical (unpaired) electrons. The third-order valence-corrected chi connectivity index (χ3v) is 6.19. The Morgan fingerprint density at radius 3 is 0.811 bits per heavy atom. The van der Waals surface area contributed by atoms with Crippen molar-refractivity contribution < 1.29 is 82.9 Å². The third-order valence-electron chi connectivity index (χ3n) is 5.03. The summed E-state index contributed by atoms with van der Waals surface area (Å²) >= 11 is 0.815. The molecule has 0 aliphatic heterocycles. The summed E-state index contributed by atoms with van der Waals surface area (Å²) in [5.74, 6) is -2.76. The predicted octanol–water partition coefficient (Wildman–Crippen LogP) is 1.86. The minimum atomic E-state index is -0.920. The molecule has 0 heterocycles. The van der Waals surface area contributed by atoms with Crippen LogP contribution in [-0.2, 0) is 14.4 Å². The Kier molecular flexibility index (Phi) is 67.5. The molecule has 0 saturated heterocycles. The van der Waals surface area contributed by atoms with E-state index in [1.54, 1.807) is 0 Å². The van der Waals surface area contributed by atoms with Gasteiger partial charge in [-0.15, -0.1) is 0 Å². The average molecular weight is 694 g/mol. The smallest absolute Gasteiger partial charge is 1.00 e. The first-order valence-corrected chi connectivity index (χ1v) is 15.8. The van der Waals surface area contributed by atoms with Gasteiger partial charge < -0.3 is 42.1 Å². The topological polar surface area (TPSA) is 120 Å². The fraction of sp³-hybridized carbons (Fsp3) is 0.893. The molecule has 0 fully saturated rings. The van der Waals surface area contributed by atoms with Crippen LogP contribution in [0.3, 0.4) is 0 Å². The molecule has 0 rings (SSSR count). The number of carbonyl (C=O) groups is 3. The summed E-state index contributed by atoms with van der Waals surface area (Å²) in [5.41, 5.74) is 0. The van der Waals surface area contributed by atoms with Gasteiger partial charge in [-0.1, -0.05) is 97.8 Å². The first-order valence-electron chi connectivity index (χ1n) is 14.1. The normalized spacial score (nSPS) is 8.78. The van der Waals surface area contributed by atoms with Crippen molar-refractivity contribution in [1.82, 2.24) is 0 Å². The van der Waals surface area contributed by atoms with Gasteiger partial charge in [-0.05, 0) is 38.5 Å². The molecule has 0 spiro atoms. The van der Waals surface area contributed by atoms with E-state index < -0.39 is 17.9 Å². The predicted molar refractivity (Wildman–Crippen MR) is 142 cm³/mol. The van der Waals surface area contributed by atoms with Crippen molar-refractivity contribution in [3.05, 3.63) is 0 Å². The molecule has 0 aliphatic carbocycles. The number of aliphatic carboxylic acids is 3. The van der Waals surface area contributed by atoms with Crippen LogP contribution in [0.4, 0.5) is 0 Å². The molecule has 0 saturated carbocycles. The molecule has 0 bridgehead atoms. The molecular weight excluding hydrogens is 639 g/mol. The summed E-state index contributed by atoms with van der Waals surface area (Å²) in [6.45, 7) is 10.9. The number of carbonyl (C=O) groups excluding carboxylic acids is 3. The maximum absolute atomic E-state index is 9.92. The second kappa shape index (κ2) is 49.5. The van der Waals surface area contributed by atoms with E-state index in [1.807, 2.05) is 0 Å². The van der Waals surface area contributed by atoms with Crippen molar-refractivity contribution in [2.45, 2.75) is 161 Å². The molecule has 6 nitrogen and oxygen atoms in total. The second-order valence-corrected chi connectivity index (χ2v) is 10.9. The van der Waals surface area contributed by atoms with Crippen LogP contribution in [-0.4, -0.2) is 33.1 Å². The van der Waals surface area contributed by atoms with Gasteiger partial charge in [0.2, 0.25) is 0 Å². The van der Waals surface area contributed by atoms with Gasteiger partial charge in [0.05, 0.1) is 0 Å². The van der Waals surface area contributed by atoms with E-state index in [2.05, 4.69) is 34.6 Å². The summed E-state index contributed by atoms with van der Waals surface area (Å²) < 4.78 is 0. The number of halogens is 1. The van der Waals surface area contributed by atoms with E-state index in [0.29, 0.717) is 0 Å². The molecule has 0 aromatic rings. The minimum Gasteiger partial charge on any atom is -1.00 e. The largest absolute Gasteiger partial charge is 3.00 e. The fourth-order valence-electron chi connectivity index (χ4n) is 2.91. The number of carboxylic acids is 3. The van der Waals surface area contributed by atoms with Crippen LogP contribution in [0.1, 0.15) is 150 Å². The van der Waals surface area contributed by atoms with Crippen molar-refractivity contribution in [1.29, 1.82) is 0 Å². The molecule has 217 valence electrons. The zero-order valence-corrected chi connectivity index (χ0v) is 29.7. The van der Waals surface area contributed by atoms with Gasteiger partial charge in [-0.25, -0.2) is 0 Å². The standard InChI is InChI=1S/3C8H16O2.2C2H5.Al.ClH.Nd/c3*1-2-3-4-5-6-7-8(9)10;2*1-2;;;/h3*2-7H2,1H3,(H,9,10);2*1H2,2H3;;1H;/q;;;;;+1;;+3/p-4. The van der Waals surface area contributed by atoms with Crippen LogP contribution in [0.2, 0.25) is 10.6 Å². The van der Waals surface area contributed by atoms with Gasteiger partial charge in [0.15, 0.2) is 0 Å². The Hall–Kier alpha value is 0.583. The zero-order chi connectivity index (χ0) is 27.6. The maximum atomic E-state index is 9.92. The fourth-order valence-corrected chi connectivity index (χ4v) is 3.48. The van der Waals surface area contributed by atoms with Crippen molar-refractivity contribution >= 4 is 33.1 Å². The molecule has 37 heavy (non-hydrogen) atoms. The number of carboxylic acid groups (broad SMARTS) is 3. The van der Waals surface area contributed by atoms with Crippen molar-refractivity contribution in [2.24, 2.45) is 0 Å². The van der Waals surface area contributed by atoms with E-state index >= 15 is 0 Å². The third kappa shape index (κ3) is 78.7. The number of hydrogen-bond acceptors (Lipinski definition) is 6. The summed E-state index contributed by atoms with van der Waals surface area (Å²) in [6.07, 6.45) is 16.8. The van der Waals surface area contributed by atoms with E-state index in [-0.39, 0.29) is 72.5 Å². The van der Waals surface area contributed by atoms with Gasteiger partial charge in [0, 0.05) is 17.9 Å². The van der Waals surface area contributed by atoms with Gasteiger partial charge >= 0.3 is 80.5 Å². The van der Waals surface area contributed by atoms with Gasteiger partial charge in [0.1, 0.15) is 0 Å². The van der Waals surface area contributed by atoms with Crippen molar-refractivity contribution in [3.8, 4) is 0 Å². The molecule has 0 aromatic heterocycles. The van der Waals surface area contributed by atoms with Gasteiger partial charge in [-0.2, -0.15) is 0 Å². The first-order chi connectivity index (χ1) is 16.7. The van der Waals surface area contributed by atoms with Crippen LogP contribution in [0.5, 0.6) is 0 Å². The van der Waals surface area contributed by atoms with Gasteiger partial charge in [0.25, 0.3) is 0 Å². The molecule has 0 N–H and O–H groups in total. The SMILES string of the molecule is CCCCCCCC(=O)[O-].CCCCCCCC(=O)[O-].CCCCCCCC(=O)[O-].C[CH2][Al+][CH2]C.[Cl-].[Nd+3]. The molecule has 9 heteroatoms. The molecule has 0 aromatic carbocycles. The summed E-state index contributed by atoms with van der Waals surface area (Å²) in [4.78, 5) is 29.8. The Morgan fingerprint density at radius 1 is 0.459 bits per heavy atom. The van der Waals surface area contributed by atoms with Crippen LogP contribution < -0.4 is 27.7 Å². The Morgan fingerprint density at radius 2 is 0.676 bits per heavy atom. The summed E-state index contributed by atoms with van der Waals surface area (Å²) in [5, 5.41) is 32.6. The molecule has 0 amide bonds. The monoisotopic (exact) mass is 691 g/mol. The van der Waals surface area contributed by atoms with Crippen LogP contribution in [0, 0.1) is 40.8 Å². The average Bonchev–Trinajstić information content (AvgIpc) is 2.80. The molecular formula is C28H55AlClNdO6.